The van der Waals surface area contributed by atoms with Crippen LogP contribution in [0.1, 0.15) is 12.2 Å². The molecule has 2 heterocycles. The van der Waals surface area contributed by atoms with Crippen molar-refractivity contribution in [1.29, 1.82) is 0 Å². The van der Waals surface area contributed by atoms with Crippen LogP contribution in [-0.4, -0.2) is 16.1 Å². The van der Waals surface area contributed by atoms with Gasteiger partial charge >= 0.3 is 0 Å². The van der Waals surface area contributed by atoms with Gasteiger partial charge in [0.1, 0.15) is 5.76 Å². The average Bonchev–Trinajstić information content (AvgIpc) is 2.87. The largest absolute Gasteiger partial charge is 0.469 e. The van der Waals surface area contributed by atoms with Crippen molar-refractivity contribution >= 4 is 34.6 Å². The lowest BCUT2D eigenvalue weighted by Crippen LogP contribution is -2.11. The second-order valence-electron chi connectivity index (χ2n) is 3.05. The van der Waals surface area contributed by atoms with Gasteiger partial charge in [0.05, 0.1) is 6.26 Å². The predicted molar refractivity (Wildman–Crippen MR) is 63.0 cm³/mol. The molecule has 0 unspecified atom stereocenters. The third kappa shape index (κ3) is 3.01. The number of nitrogens with one attached hydrogen (secondary N) is 2. The van der Waals surface area contributed by atoms with Crippen molar-refractivity contribution in [1.82, 2.24) is 10.2 Å². The van der Waals surface area contributed by atoms with E-state index < -0.39 is 0 Å². The Hall–Kier alpha value is -1.47. The highest BCUT2D eigenvalue weighted by Gasteiger charge is 2.06. The molecule has 0 aliphatic rings. The first-order valence-corrected chi connectivity index (χ1v) is 5.84. The molecule has 7 heteroatoms. The maximum atomic E-state index is 11.5. The molecule has 84 valence electrons. The van der Waals surface area contributed by atoms with Crippen LogP contribution < -0.4 is 5.32 Å². The highest BCUT2D eigenvalue weighted by molar-refractivity contribution is 7.73. The number of carbonyl (C=O) groups excluding carboxylic acids is 1. The van der Waals surface area contributed by atoms with E-state index in [2.05, 4.69) is 15.5 Å². The van der Waals surface area contributed by atoms with Gasteiger partial charge in [0.25, 0.3) is 0 Å². The molecule has 0 aromatic carbocycles. The van der Waals surface area contributed by atoms with Crippen LogP contribution in [0.4, 0.5) is 5.13 Å². The van der Waals surface area contributed by atoms with Crippen molar-refractivity contribution in [3.05, 3.63) is 28.1 Å². The molecule has 2 rings (SSSR count). The molecule has 0 aliphatic heterocycles. The Morgan fingerprint density at radius 3 is 3.19 bits per heavy atom. The second kappa shape index (κ2) is 5.04. The molecule has 16 heavy (non-hydrogen) atoms. The number of aromatic amines is 1. The SMILES string of the molecule is O=C(CCc1ccco1)Nc1n[nH]c(=S)s1. The summed E-state index contributed by atoms with van der Waals surface area (Å²) in [6, 6.07) is 3.64. The van der Waals surface area contributed by atoms with Crippen molar-refractivity contribution in [2.24, 2.45) is 0 Å². The fourth-order valence-electron chi connectivity index (χ4n) is 1.16. The fourth-order valence-corrected chi connectivity index (χ4v) is 1.96. The van der Waals surface area contributed by atoms with Gasteiger partial charge in [0.2, 0.25) is 11.0 Å². The number of carbonyl (C=O) groups is 1. The van der Waals surface area contributed by atoms with Crippen LogP contribution in [0.25, 0.3) is 0 Å². The van der Waals surface area contributed by atoms with Crippen molar-refractivity contribution in [3.8, 4) is 0 Å². The quantitative estimate of drug-likeness (QED) is 0.823. The Labute approximate surface area is 100 Å². The minimum Gasteiger partial charge on any atom is -0.469 e. The summed E-state index contributed by atoms with van der Waals surface area (Å²) in [7, 11) is 0. The standard InChI is InChI=1S/C9H9N3O2S2/c13-7(4-3-6-2-1-5-14-6)10-8-11-12-9(15)16-8/h1-2,5H,3-4H2,(H,12,15)(H,10,11,13). The van der Waals surface area contributed by atoms with E-state index in [9.17, 15) is 4.79 Å². The normalized spacial score (nSPS) is 10.2. The molecule has 0 saturated heterocycles. The third-order valence-electron chi connectivity index (χ3n) is 1.86. The lowest BCUT2D eigenvalue weighted by molar-refractivity contribution is -0.116. The van der Waals surface area contributed by atoms with Crippen LogP contribution in [0.15, 0.2) is 22.8 Å². The molecule has 0 fully saturated rings. The van der Waals surface area contributed by atoms with Gasteiger partial charge in [-0.15, -0.1) is 5.10 Å². The number of furan rings is 1. The number of aromatic nitrogens is 2. The predicted octanol–water partition coefficient (Wildman–Crippen LogP) is 2.36. The van der Waals surface area contributed by atoms with Gasteiger partial charge in [0.15, 0.2) is 3.95 Å². The lowest BCUT2D eigenvalue weighted by atomic mass is 10.2. The van der Waals surface area contributed by atoms with Crippen LogP contribution in [0.2, 0.25) is 0 Å². The molecule has 0 bridgehead atoms. The maximum absolute atomic E-state index is 11.5. The number of amides is 1. The number of rotatable bonds is 4. The minimum atomic E-state index is -0.103. The van der Waals surface area contributed by atoms with Crippen molar-refractivity contribution in [2.45, 2.75) is 12.8 Å². The van der Waals surface area contributed by atoms with Gasteiger partial charge < -0.3 is 9.73 Å². The zero-order valence-corrected chi connectivity index (χ0v) is 9.86. The van der Waals surface area contributed by atoms with Gasteiger partial charge in [0, 0.05) is 12.8 Å². The average molecular weight is 255 g/mol. The molecule has 0 spiro atoms. The second-order valence-corrected chi connectivity index (χ2v) is 4.71. The van der Waals surface area contributed by atoms with E-state index in [1.54, 1.807) is 12.3 Å². The van der Waals surface area contributed by atoms with Crippen molar-refractivity contribution < 1.29 is 9.21 Å². The summed E-state index contributed by atoms with van der Waals surface area (Å²) in [5.74, 6) is 0.693. The van der Waals surface area contributed by atoms with Crippen LogP contribution in [0.5, 0.6) is 0 Å². The van der Waals surface area contributed by atoms with Crippen LogP contribution in [0.3, 0.4) is 0 Å². The Morgan fingerprint density at radius 1 is 1.69 bits per heavy atom. The van der Waals surface area contributed by atoms with E-state index in [1.807, 2.05) is 6.07 Å². The Bertz CT molecular complexity index is 515. The number of H-pyrrole nitrogens is 1. The zero-order valence-electron chi connectivity index (χ0n) is 8.23. The van der Waals surface area contributed by atoms with E-state index in [0.717, 1.165) is 5.76 Å². The summed E-state index contributed by atoms with van der Waals surface area (Å²) in [6.45, 7) is 0. The molecular weight excluding hydrogens is 246 g/mol. The number of nitrogens with zero attached hydrogens (tertiary/aromatic N) is 1. The van der Waals surface area contributed by atoms with Crippen LogP contribution >= 0.6 is 23.6 Å². The van der Waals surface area contributed by atoms with Gasteiger partial charge in [-0.3, -0.25) is 9.89 Å². The first-order valence-electron chi connectivity index (χ1n) is 4.62. The summed E-state index contributed by atoms with van der Waals surface area (Å²) in [5.41, 5.74) is 0. The van der Waals surface area contributed by atoms with E-state index >= 15 is 0 Å². The van der Waals surface area contributed by atoms with Gasteiger partial charge in [-0.1, -0.05) is 11.3 Å². The summed E-state index contributed by atoms with van der Waals surface area (Å²) >= 11 is 6.08. The van der Waals surface area contributed by atoms with Gasteiger partial charge in [-0.2, -0.15) is 0 Å². The van der Waals surface area contributed by atoms with Gasteiger partial charge in [-0.25, -0.2) is 0 Å². The summed E-state index contributed by atoms with van der Waals surface area (Å²) < 4.78 is 5.67. The van der Waals surface area contributed by atoms with Crippen LogP contribution in [0, 0.1) is 3.95 Å². The van der Waals surface area contributed by atoms with Crippen LogP contribution in [-0.2, 0) is 11.2 Å². The van der Waals surface area contributed by atoms with E-state index in [4.69, 9.17) is 16.6 Å². The summed E-state index contributed by atoms with van der Waals surface area (Å²) in [6.07, 6.45) is 2.53. The highest BCUT2D eigenvalue weighted by atomic mass is 32.1. The third-order valence-corrected chi connectivity index (χ3v) is 2.87. The molecule has 0 radical (unpaired) electrons. The molecule has 0 atom stereocenters. The minimum absolute atomic E-state index is 0.103. The van der Waals surface area contributed by atoms with Crippen molar-refractivity contribution in [2.75, 3.05) is 5.32 Å². The number of hydrogen-bond donors (Lipinski definition) is 2. The monoisotopic (exact) mass is 255 g/mol. The number of hydrogen-bond acceptors (Lipinski definition) is 5. The molecule has 2 N–H and O–H groups in total. The van der Waals surface area contributed by atoms with E-state index in [-0.39, 0.29) is 5.91 Å². The topological polar surface area (TPSA) is 70.9 Å². The summed E-state index contributed by atoms with van der Waals surface area (Å²) in [4.78, 5) is 11.5. The summed E-state index contributed by atoms with van der Waals surface area (Å²) in [5, 5.41) is 9.58. The molecule has 1 amide bonds. The Morgan fingerprint density at radius 2 is 2.56 bits per heavy atom. The fraction of sp³-hybridized carbons (Fsp3) is 0.222. The first-order chi connectivity index (χ1) is 7.74. The zero-order chi connectivity index (χ0) is 11.4. The van der Waals surface area contributed by atoms with E-state index in [0.29, 0.717) is 21.9 Å². The number of anilines is 1. The first kappa shape index (κ1) is 11.0. The van der Waals surface area contributed by atoms with Gasteiger partial charge in [-0.05, 0) is 24.4 Å². The Kier molecular flexibility index (Phi) is 3.47. The Balaban J connectivity index is 1.83. The molecule has 2 aromatic heterocycles. The molecule has 0 aliphatic carbocycles. The smallest absolute Gasteiger partial charge is 0.226 e. The maximum Gasteiger partial charge on any atom is 0.226 e. The molecule has 5 nitrogen and oxygen atoms in total. The van der Waals surface area contributed by atoms with Crippen molar-refractivity contribution in [3.63, 3.8) is 0 Å². The molecule has 0 saturated carbocycles. The number of aryl methyl sites for hydroxylation is 1. The highest BCUT2D eigenvalue weighted by Crippen LogP contribution is 2.11. The molecular formula is C9H9N3O2S2. The van der Waals surface area contributed by atoms with E-state index in [1.165, 1.54) is 11.3 Å². The lowest BCUT2D eigenvalue weighted by Gasteiger charge is -1.98. The molecule has 2 aromatic rings.